The molecular formula is C23H25NO3. The number of rotatable bonds is 7. The maximum Gasteiger partial charge on any atom is 0.221 e. The van der Waals surface area contributed by atoms with Crippen LogP contribution in [0.2, 0.25) is 0 Å². The fourth-order valence-electron chi connectivity index (χ4n) is 2.98. The normalized spacial score (nSPS) is 10.5. The highest BCUT2D eigenvalue weighted by Gasteiger charge is 2.18. The van der Waals surface area contributed by atoms with Crippen LogP contribution in [0.1, 0.15) is 25.0 Å². The maximum absolute atomic E-state index is 6.13. The van der Waals surface area contributed by atoms with Crippen LogP contribution in [0.15, 0.2) is 60.2 Å². The highest BCUT2D eigenvalue weighted by Crippen LogP contribution is 2.38. The molecule has 0 atom stereocenters. The van der Waals surface area contributed by atoms with Gasteiger partial charge in [-0.1, -0.05) is 48.0 Å². The molecule has 0 saturated carbocycles. The smallest absolute Gasteiger partial charge is 0.221 e. The lowest BCUT2D eigenvalue weighted by atomic mass is 10.1. The largest absolute Gasteiger partial charge is 0.496 e. The first-order valence-electron chi connectivity index (χ1n) is 8.97. The van der Waals surface area contributed by atoms with Gasteiger partial charge in [-0.15, -0.1) is 0 Å². The molecule has 0 amide bonds. The van der Waals surface area contributed by atoms with E-state index in [2.05, 4.69) is 19.9 Å². The first-order valence-corrected chi connectivity index (χ1v) is 8.97. The summed E-state index contributed by atoms with van der Waals surface area (Å²) in [6.07, 6.45) is 2.84. The van der Waals surface area contributed by atoms with Gasteiger partial charge in [0, 0.05) is 5.39 Å². The molecule has 4 nitrogen and oxygen atoms in total. The highest BCUT2D eigenvalue weighted by atomic mass is 16.5. The Morgan fingerprint density at radius 2 is 1.74 bits per heavy atom. The van der Waals surface area contributed by atoms with Gasteiger partial charge in [0.25, 0.3) is 0 Å². The van der Waals surface area contributed by atoms with E-state index in [4.69, 9.17) is 19.2 Å². The van der Waals surface area contributed by atoms with E-state index < -0.39 is 0 Å². The summed E-state index contributed by atoms with van der Waals surface area (Å²) in [5, 5.41) is 0.918. The van der Waals surface area contributed by atoms with E-state index in [0.29, 0.717) is 24.7 Å². The molecule has 27 heavy (non-hydrogen) atoms. The lowest BCUT2D eigenvalue weighted by Crippen LogP contribution is -2.04. The summed E-state index contributed by atoms with van der Waals surface area (Å²) in [6.45, 7) is 4.60. The number of pyridine rings is 1. The first-order chi connectivity index (χ1) is 13.1. The Balaban J connectivity index is 2.12. The van der Waals surface area contributed by atoms with Crippen LogP contribution in [0.3, 0.4) is 0 Å². The van der Waals surface area contributed by atoms with E-state index in [1.807, 2.05) is 48.5 Å². The Labute approximate surface area is 160 Å². The minimum atomic E-state index is 0.444. The number of fused-ring (bicyclic) bond motifs is 1. The van der Waals surface area contributed by atoms with Crippen molar-refractivity contribution in [1.29, 1.82) is 0 Å². The minimum absolute atomic E-state index is 0.444. The van der Waals surface area contributed by atoms with Crippen molar-refractivity contribution in [1.82, 2.24) is 4.98 Å². The Morgan fingerprint density at radius 1 is 0.963 bits per heavy atom. The third kappa shape index (κ3) is 4.22. The molecule has 0 spiro atoms. The molecule has 0 N–H and O–H groups in total. The molecule has 3 aromatic rings. The zero-order valence-electron chi connectivity index (χ0n) is 16.3. The molecule has 1 heterocycles. The van der Waals surface area contributed by atoms with Gasteiger partial charge in [0.05, 0.1) is 19.8 Å². The summed E-state index contributed by atoms with van der Waals surface area (Å²) in [7, 11) is 3.33. The second-order valence-corrected chi connectivity index (χ2v) is 6.55. The van der Waals surface area contributed by atoms with Gasteiger partial charge in [0.2, 0.25) is 5.88 Å². The molecule has 0 bridgehead atoms. The number of hydrogen-bond donors (Lipinski definition) is 0. The van der Waals surface area contributed by atoms with Gasteiger partial charge in [-0.2, -0.15) is 0 Å². The second kappa shape index (κ2) is 8.58. The minimum Gasteiger partial charge on any atom is -0.496 e. The summed E-state index contributed by atoms with van der Waals surface area (Å²) in [5.74, 6) is 2.05. The lowest BCUT2D eigenvalue weighted by Gasteiger charge is -2.17. The van der Waals surface area contributed by atoms with Crippen molar-refractivity contribution < 1.29 is 14.2 Å². The third-order valence-corrected chi connectivity index (χ3v) is 4.35. The van der Waals surface area contributed by atoms with E-state index >= 15 is 0 Å². The molecule has 0 aliphatic rings. The van der Waals surface area contributed by atoms with E-state index in [0.717, 1.165) is 27.8 Å². The van der Waals surface area contributed by atoms with Crippen LogP contribution < -0.4 is 14.2 Å². The summed E-state index contributed by atoms with van der Waals surface area (Å²) < 4.78 is 17.4. The number of allylic oxidation sites excluding steroid dienone is 2. The molecule has 0 fully saturated rings. The number of methoxy groups -OCH3 is 2. The van der Waals surface area contributed by atoms with Gasteiger partial charge in [-0.3, -0.25) is 0 Å². The quantitative estimate of drug-likeness (QED) is 0.531. The molecule has 3 rings (SSSR count). The maximum atomic E-state index is 6.13. The second-order valence-electron chi connectivity index (χ2n) is 6.55. The van der Waals surface area contributed by atoms with Crippen molar-refractivity contribution >= 4 is 10.9 Å². The first kappa shape index (κ1) is 18.8. The van der Waals surface area contributed by atoms with Gasteiger partial charge in [0.15, 0.2) is 0 Å². The van der Waals surface area contributed by atoms with Crippen LogP contribution in [0.25, 0.3) is 10.9 Å². The Kier molecular flexibility index (Phi) is 5.97. The summed E-state index contributed by atoms with van der Waals surface area (Å²) in [6, 6.07) is 15.9. The van der Waals surface area contributed by atoms with Crippen molar-refractivity contribution in [2.45, 2.75) is 26.9 Å². The topological polar surface area (TPSA) is 40.6 Å². The zero-order chi connectivity index (χ0) is 19.2. The van der Waals surface area contributed by atoms with Crippen molar-refractivity contribution in [3.63, 3.8) is 0 Å². The van der Waals surface area contributed by atoms with Crippen LogP contribution in [0.4, 0.5) is 0 Å². The average molecular weight is 363 g/mol. The molecule has 140 valence electrons. The van der Waals surface area contributed by atoms with Crippen LogP contribution in [-0.4, -0.2) is 19.2 Å². The predicted octanol–water partition coefficient (Wildman–Crippen LogP) is 5.34. The zero-order valence-corrected chi connectivity index (χ0v) is 16.3. The molecule has 0 radical (unpaired) electrons. The number of benzene rings is 2. The van der Waals surface area contributed by atoms with Gasteiger partial charge >= 0.3 is 0 Å². The molecule has 4 heteroatoms. The predicted molar refractivity (Wildman–Crippen MR) is 109 cm³/mol. The van der Waals surface area contributed by atoms with Crippen LogP contribution in [0, 0.1) is 0 Å². The summed E-state index contributed by atoms with van der Waals surface area (Å²) in [5.41, 5.74) is 4.00. The number of aromatic nitrogens is 1. The molecule has 0 aliphatic carbocycles. The number of hydrogen-bond acceptors (Lipinski definition) is 4. The van der Waals surface area contributed by atoms with E-state index in [1.54, 1.807) is 14.2 Å². The van der Waals surface area contributed by atoms with E-state index in [9.17, 15) is 0 Å². The molecule has 2 aromatic carbocycles. The van der Waals surface area contributed by atoms with E-state index in [-0.39, 0.29) is 0 Å². The molecule has 0 saturated heterocycles. The van der Waals surface area contributed by atoms with Crippen LogP contribution in [0.5, 0.6) is 17.4 Å². The van der Waals surface area contributed by atoms with Gasteiger partial charge in [-0.25, -0.2) is 4.98 Å². The number of para-hydroxylation sites is 1. The van der Waals surface area contributed by atoms with Crippen LogP contribution >= 0.6 is 0 Å². The van der Waals surface area contributed by atoms with Gasteiger partial charge in [-0.05, 0) is 38.0 Å². The fraction of sp³-hybridized carbons (Fsp3) is 0.261. The monoisotopic (exact) mass is 363 g/mol. The van der Waals surface area contributed by atoms with Gasteiger partial charge in [0.1, 0.15) is 23.6 Å². The van der Waals surface area contributed by atoms with E-state index in [1.165, 1.54) is 5.57 Å². The Morgan fingerprint density at radius 3 is 2.41 bits per heavy atom. The van der Waals surface area contributed by atoms with Crippen molar-refractivity contribution in [3.8, 4) is 17.4 Å². The molecular weight excluding hydrogens is 338 g/mol. The Bertz CT molecular complexity index is 945. The summed E-state index contributed by atoms with van der Waals surface area (Å²) >= 11 is 0. The Hall–Kier alpha value is -3.01. The van der Waals surface area contributed by atoms with Crippen molar-refractivity contribution in [2.75, 3.05) is 14.2 Å². The average Bonchev–Trinajstić information content (AvgIpc) is 2.70. The molecule has 0 unspecified atom stereocenters. The highest BCUT2D eigenvalue weighted by molar-refractivity contribution is 5.91. The summed E-state index contributed by atoms with van der Waals surface area (Å²) in [4.78, 5) is 4.79. The number of ether oxygens (including phenoxy) is 3. The standard InChI is InChI=1S/C23H25NO3/c1-16(2)13-14-19-22(26-4)18-11-8-12-20(25-3)21(18)24-23(19)27-15-17-9-6-5-7-10-17/h5-13H,14-15H2,1-4H3. The van der Waals surface area contributed by atoms with Crippen LogP contribution in [-0.2, 0) is 13.0 Å². The van der Waals surface area contributed by atoms with Crippen molar-refractivity contribution in [2.24, 2.45) is 0 Å². The lowest BCUT2D eigenvalue weighted by molar-refractivity contribution is 0.289. The fourth-order valence-corrected chi connectivity index (χ4v) is 2.98. The molecule has 0 aliphatic heterocycles. The third-order valence-electron chi connectivity index (χ3n) is 4.35. The van der Waals surface area contributed by atoms with Crippen molar-refractivity contribution in [3.05, 3.63) is 71.3 Å². The van der Waals surface area contributed by atoms with Gasteiger partial charge < -0.3 is 14.2 Å². The SMILES string of the molecule is COc1c(CC=C(C)C)c(OCc2ccccc2)nc2c(OC)cccc12. The number of nitrogens with zero attached hydrogens (tertiary/aromatic N) is 1. The molecule has 1 aromatic heterocycles.